The van der Waals surface area contributed by atoms with Crippen LogP contribution in [0.2, 0.25) is 0 Å². The van der Waals surface area contributed by atoms with E-state index in [1.54, 1.807) is 19.1 Å². The van der Waals surface area contributed by atoms with E-state index in [1.807, 2.05) is 17.0 Å². The summed E-state index contributed by atoms with van der Waals surface area (Å²) in [4.78, 5) is 26.3. The third kappa shape index (κ3) is 4.34. The van der Waals surface area contributed by atoms with Gasteiger partial charge in [-0.1, -0.05) is 12.1 Å². The highest BCUT2D eigenvalue weighted by Gasteiger charge is 2.40. The topological polar surface area (TPSA) is 77.1 Å². The second-order valence-electron chi connectivity index (χ2n) is 6.43. The molecule has 0 bridgehead atoms. The van der Waals surface area contributed by atoms with Gasteiger partial charge in [-0.05, 0) is 19.1 Å². The third-order valence-corrected chi connectivity index (χ3v) is 4.77. The Kier molecular flexibility index (Phi) is 6.11. The van der Waals surface area contributed by atoms with E-state index in [0.29, 0.717) is 57.1 Å². The van der Waals surface area contributed by atoms with Gasteiger partial charge in [0.05, 0.1) is 25.4 Å². The number of rotatable bonds is 6. The Morgan fingerprint density at radius 2 is 1.88 bits per heavy atom. The average molecular weight is 362 g/mol. The number of amides is 1. The molecule has 1 amide bonds. The molecule has 142 valence electrons. The highest BCUT2D eigenvalue weighted by molar-refractivity contribution is 5.95. The molecule has 2 fully saturated rings. The quantitative estimate of drug-likeness (QED) is 0.781. The van der Waals surface area contributed by atoms with Gasteiger partial charge in [-0.25, -0.2) is 4.79 Å². The van der Waals surface area contributed by atoms with Crippen LogP contribution in [0.1, 0.15) is 36.5 Å². The second kappa shape index (κ2) is 8.51. The van der Waals surface area contributed by atoms with Gasteiger partial charge in [0.25, 0.3) is 0 Å². The smallest absolute Gasteiger partial charge is 0.340 e. The van der Waals surface area contributed by atoms with Crippen molar-refractivity contribution in [2.75, 3.05) is 44.8 Å². The number of hydrogen-bond acceptors (Lipinski definition) is 6. The molecule has 26 heavy (non-hydrogen) atoms. The molecule has 2 aliphatic rings. The molecule has 0 radical (unpaired) electrons. The molecule has 0 aliphatic carbocycles. The summed E-state index contributed by atoms with van der Waals surface area (Å²) in [6.45, 7) is 5.14. The zero-order chi connectivity index (χ0) is 18.4. The first-order chi connectivity index (χ1) is 12.6. The molecule has 0 aromatic heterocycles. The first-order valence-corrected chi connectivity index (χ1v) is 9.19. The summed E-state index contributed by atoms with van der Waals surface area (Å²) in [5, 5.41) is 3.17. The summed E-state index contributed by atoms with van der Waals surface area (Å²) in [6, 6.07) is 7.17. The van der Waals surface area contributed by atoms with Crippen molar-refractivity contribution in [3.05, 3.63) is 29.8 Å². The van der Waals surface area contributed by atoms with Crippen LogP contribution in [0.25, 0.3) is 0 Å². The Bertz CT molecular complexity index is 633. The van der Waals surface area contributed by atoms with Crippen LogP contribution >= 0.6 is 0 Å². The summed E-state index contributed by atoms with van der Waals surface area (Å²) in [5.41, 5.74) is 1.17. The summed E-state index contributed by atoms with van der Waals surface area (Å²) >= 11 is 0. The van der Waals surface area contributed by atoms with Gasteiger partial charge in [0, 0.05) is 44.6 Å². The molecule has 2 heterocycles. The molecule has 0 unspecified atom stereocenters. The number of carbonyl (C=O) groups is 2. The maximum absolute atomic E-state index is 12.4. The van der Waals surface area contributed by atoms with Crippen molar-refractivity contribution in [1.29, 1.82) is 0 Å². The van der Waals surface area contributed by atoms with Crippen LogP contribution in [0.3, 0.4) is 0 Å². The highest BCUT2D eigenvalue weighted by atomic mass is 16.7. The van der Waals surface area contributed by atoms with Crippen LogP contribution in [0.5, 0.6) is 0 Å². The number of nitrogens with one attached hydrogen (secondary N) is 1. The monoisotopic (exact) mass is 362 g/mol. The van der Waals surface area contributed by atoms with Gasteiger partial charge in [-0.2, -0.15) is 0 Å². The third-order valence-electron chi connectivity index (χ3n) is 4.77. The van der Waals surface area contributed by atoms with E-state index in [4.69, 9.17) is 14.2 Å². The SMILES string of the molecule is CCOC(=O)c1ccccc1NCCC(=O)N1CCC2(CC1)OCCO2. The van der Waals surface area contributed by atoms with Crippen LogP contribution in [0, 0.1) is 0 Å². The van der Waals surface area contributed by atoms with Crippen LogP contribution in [-0.2, 0) is 19.0 Å². The molecule has 1 N–H and O–H groups in total. The van der Waals surface area contributed by atoms with Gasteiger partial charge in [-0.15, -0.1) is 0 Å². The minimum Gasteiger partial charge on any atom is -0.462 e. The Balaban J connectivity index is 1.46. The van der Waals surface area contributed by atoms with E-state index >= 15 is 0 Å². The fraction of sp³-hybridized carbons (Fsp3) is 0.579. The minimum atomic E-state index is -0.465. The van der Waals surface area contributed by atoms with Crippen LogP contribution in [0.15, 0.2) is 24.3 Å². The lowest BCUT2D eigenvalue weighted by Gasteiger charge is -2.37. The van der Waals surface area contributed by atoms with Crippen LogP contribution in [-0.4, -0.2) is 62.0 Å². The number of nitrogens with zero attached hydrogens (tertiary/aromatic N) is 1. The van der Waals surface area contributed by atoms with Crippen molar-refractivity contribution >= 4 is 17.6 Å². The Labute approximate surface area is 153 Å². The molecule has 3 rings (SSSR count). The molecule has 1 spiro atoms. The number of carbonyl (C=O) groups excluding carboxylic acids is 2. The van der Waals surface area contributed by atoms with Crippen molar-refractivity contribution in [2.45, 2.75) is 32.0 Å². The maximum Gasteiger partial charge on any atom is 0.340 e. The largest absolute Gasteiger partial charge is 0.462 e. The van der Waals surface area contributed by atoms with Crippen molar-refractivity contribution in [3.63, 3.8) is 0 Å². The molecular formula is C19H26N2O5. The summed E-state index contributed by atoms with van der Waals surface area (Å²) in [6.07, 6.45) is 1.81. The van der Waals surface area contributed by atoms with E-state index in [1.165, 1.54) is 0 Å². The number of benzene rings is 1. The number of ether oxygens (including phenoxy) is 3. The normalized spacial score (nSPS) is 18.7. The zero-order valence-corrected chi connectivity index (χ0v) is 15.2. The van der Waals surface area contributed by atoms with Crippen molar-refractivity contribution in [1.82, 2.24) is 4.90 Å². The van der Waals surface area contributed by atoms with E-state index in [0.717, 1.165) is 12.8 Å². The molecule has 1 aromatic carbocycles. The van der Waals surface area contributed by atoms with Gasteiger partial charge in [-0.3, -0.25) is 4.79 Å². The zero-order valence-electron chi connectivity index (χ0n) is 15.2. The van der Waals surface area contributed by atoms with E-state index in [2.05, 4.69) is 5.32 Å². The highest BCUT2D eigenvalue weighted by Crippen LogP contribution is 2.31. The van der Waals surface area contributed by atoms with Gasteiger partial charge < -0.3 is 24.4 Å². The first-order valence-electron chi connectivity index (χ1n) is 9.19. The minimum absolute atomic E-state index is 0.0963. The van der Waals surface area contributed by atoms with Crippen molar-refractivity contribution in [2.24, 2.45) is 0 Å². The van der Waals surface area contributed by atoms with Crippen molar-refractivity contribution < 1.29 is 23.8 Å². The molecule has 7 heteroatoms. The molecule has 2 saturated heterocycles. The maximum atomic E-state index is 12.4. The lowest BCUT2D eigenvalue weighted by molar-refractivity contribution is -0.187. The molecule has 0 saturated carbocycles. The molecule has 7 nitrogen and oxygen atoms in total. The number of hydrogen-bond donors (Lipinski definition) is 1. The molecule has 2 aliphatic heterocycles. The van der Waals surface area contributed by atoms with Crippen molar-refractivity contribution in [3.8, 4) is 0 Å². The van der Waals surface area contributed by atoms with E-state index in [-0.39, 0.29) is 11.9 Å². The van der Waals surface area contributed by atoms with Gasteiger partial charge in [0.1, 0.15) is 0 Å². The van der Waals surface area contributed by atoms with Crippen LogP contribution in [0.4, 0.5) is 5.69 Å². The number of piperidine rings is 1. The molecule has 1 aromatic rings. The summed E-state index contributed by atoms with van der Waals surface area (Å²) in [5.74, 6) is -0.730. The Morgan fingerprint density at radius 3 is 2.58 bits per heavy atom. The van der Waals surface area contributed by atoms with Crippen LogP contribution < -0.4 is 5.32 Å². The van der Waals surface area contributed by atoms with Gasteiger partial charge >= 0.3 is 5.97 Å². The van der Waals surface area contributed by atoms with Gasteiger partial charge in [0.15, 0.2) is 5.79 Å². The lowest BCUT2D eigenvalue weighted by Crippen LogP contribution is -2.47. The van der Waals surface area contributed by atoms with Gasteiger partial charge in [0.2, 0.25) is 5.91 Å². The van der Waals surface area contributed by atoms with E-state index in [9.17, 15) is 9.59 Å². The first kappa shape index (κ1) is 18.7. The Morgan fingerprint density at radius 1 is 1.19 bits per heavy atom. The number of esters is 1. The standard InChI is InChI=1S/C19H26N2O5/c1-2-24-18(23)15-5-3-4-6-16(15)20-10-7-17(22)21-11-8-19(9-12-21)25-13-14-26-19/h3-6,20H,2,7-14H2,1H3. The average Bonchev–Trinajstić information content (AvgIpc) is 3.11. The van der Waals surface area contributed by atoms with E-state index < -0.39 is 5.79 Å². The number of likely N-dealkylation sites (tertiary alicyclic amines) is 1. The number of anilines is 1. The predicted molar refractivity (Wildman–Crippen MR) is 96.0 cm³/mol. The molecule has 0 atom stereocenters. The predicted octanol–water partition coefficient (Wildman–Crippen LogP) is 2.03. The summed E-state index contributed by atoms with van der Waals surface area (Å²) in [7, 11) is 0. The summed E-state index contributed by atoms with van der Waals surface area (Å²) < 4.78 is 16.4. The number of para-hydroxylation sites is 1. The fourth-order valence-corrected chi connectivity index (χ4v) is 3.37. The molecular weight excluding hydrogens is 336 g/mol. The second-order valence-corrected chi connectivity index (χ2v) is 6.43. The lowest BCUT2D eigenvalue weighted by atomic mass is 10.0. The fourth-order valence-electron chi connectivity index (χ4n) is 3.37. The Hall–Kier alpha value is -2.12.